The zero-order valence-electron chi connectivity index (χ0n) is 10.5. The van der Waals surface area contributed by atoms with Gasteiger partial charge in [0, 0.05) is 17.6 Å². The highest BCUT2D eigenvalue weighted by molar-refractivity contribution is 9.10. The summed E-state index contributed by atoms with van der Waals surface area (Å²) in [4.78, 5) is 12.8. The van der Waals surface area contributed by atoms with Crippen molar-refractivity contribution in [1.82, 2.24) is 4.90 Å². The molecule has 5 nitrogen and oxygen atoms in total. The first-order valence-corrected chi connectivity index (χ1v) is 7.87. The monoisotopic (exact) mass is 352 g/mol. The molecule has 8 heteroatoms. The fourth-order valence-corrected chi connectivity index (χ4v) is 2.87. The maximum absolute atomic E-state index is 14.1. The maximum atomic E-state index is 14.1. The number of nitrogens with two attached hydrogens (primary N) is 1. The van der Waals surface area contributed by atoms with Crippen LogP contribution in [0.4, 0.5) is 4.39 Å². The Morgan fingerprint density at radius 2 is 1.89 bits per heavy atom. The molecular weight excluding hydrogens is 339 g/mol. The number of hydrogen-bond acceptors (Lipinski definition) is 3. The van der Waals surface area contributed by atoms with Crippen LogP contribution in [-0.2, 0) is 10.0 Å². The van der Waals surface area contributed by atoms with Gasteiger partial charge in [0.1, 0.15) is 4.90 Å². The summed E-state index contributed by atoms with van der Waals surface area (Å²) in [7, 11) is -4.23. The predicted octanol–water partition coefficient (Wildman–Crippen LogP) is 1.72. The van der Waals surface area contributed by atoms with Gasteiger partial charge in [0.2, 0.25) is 10.0 Å². The van der Waals surface area contributed by atoms with Crippen molar-refractivity contribution in [2.45, 2.75) is 18.7 Å². The predicted molar refractivity (Wildman–Crippen MR) is 72.7 cm³/mol. The van der Waals surface area contributed by atoms with Crippen molar-refractivity contribution in [3.63, 3.8) is 0 Å². The van der Waals surface area contributed by atoms with Gasteiger partial charge in [-0.3, -0.25) is 4.79 Å². The van der Waals surface area contributed by atoms with Crippen LogP contribution < -0.4 is 5.14 Å². The Kier molecular flexibility index (Phi) is 5.05. The summed E-state index contributed by atoms with van der Waals surface area (Å²) >= 11 is 3.04. The van der Waals surface area contributed by atoms with E-state index in [4.69, 9.17) is 5.14 Å². The summed E-state index contributed by atoms with van der Waals surface area (Å²) in [5.74, 6) is -1.70. The van der Waals surface area contributed by atoms with Crippen LogP contribution in [0.5, 0.6) is 0 Å². The molecule has 0 aliphatic heterocycles. The number of amides is 1. The molecule has 0 saturated carbocycles. The second-order valence-corrected chi connectivity index (χ2v) is 6.23. The van der Waals surface area contributed by atoms with Crippen LogP contribution >= 0.6 is 15.9 Å². The number of halogens is 2. The molecule has 0 aliphatic rings. The van der Waals surface area contributed by atoms with Crippen molar-refractivity contribution < 1.29 is 17.6 Å². The molecule has 0 saturated heterocycles. The van der Waals surface area contributed by atoms with Gasteiger partial charge in [-0.15, -0.1) is 0 Å². The van der Waals surface area contributed by atoms with Crippen molar-refractivity contribution in [1.29, 1.82) is 0 Å². The topological polar surface area (TPSA) is 80.5 Å². The second kappa shape index (κ2) is 5.98. The van der Waals surface area contributed by atoms with E-state index in [2.05, 4.69) is 15.9 Å². The SMILES string of the molecule is CCN(CC)C(=O)c1cc(Br)cc(S(N)(=O)=O)c1F. The molecule has 0 atom stereocenters. The Labute approximate surface area is 119 Å². The van der Waals surface area contributed by atoms with E-state index in [-0.39, 0.29) is 10.0 Å². The molecule has 0 unspecified atom stereocenters. The molecule has 0 bridgehead atoms. The Hall–Kier alpha value is -0.990. The van der Waals surface area contributed by atoms with Gasteiger partial charge in [0.25, 0.3) is 5.91 Å². The highest BCUT2D eigenvalue weighted by atomic mass is 79.9. The minimum Gasteiger partial charge on any atom is -0.339 e. The first kappa shape index (κ1) is 16.1. The number of carbonyl (C=O) groups is 1. The number of benzene rings is 1. The van der Waals surface area contributed by atoms with E-state index in [1.54, 1.807) is 13.8 Å². The van der Waals surface area contributed by atoms with E-state index in [9.17, 15) is 17.6 Å². The lowest BCUT2D eigenvalue weighted by atomic mass is 10.2. The van der Waals surface area contributed by atoms with Crippen molar-refractivity contribution >= 4 is 31.9 Å². The number of rotatable bonds is 4. The standard InChI is InChI=1S/C11H14BrFN2O3S/c1-3-15(4-2)11(16)8-5-7(12)6-9(10(8)13)19(14,17)18/h5-6H,3-4H2,1-2H3,(H2,14,17,18). The van der Waals surface area contributed by atoms with Crippen LogP contribution in [0.15, 0.2) is 21.5 Å². The lowest BCUT2D eigenvalue weighted by molar-refractivity contribution is 0.0767. The molecule has 19 heavy (non-hydrogen) atoms. The van der Waals surface area contributed by atoms with Gasteiger partial charge in [-0.05, 0) is 26.0 Å². The molecule has 1 aromatic rings. The third-order valence-electron chi connectivity index (χ3n) is 2.59. The van der Waals surface area contributed by atoms with E-state index >= 15 is 0 Å². The second-order valence-electron chi connectivity index (χ2n) is 3.79. The van der Waals surface area contributed by atoms with Gasteiger partial charge in [-0.25, -0.2) is 17.9 Å². The van der Waals surface area contributed by atoms with Crippen molar-refractivity contribution in [2.75, 3.05) is 13.1 Å². The van der Waals surface area contributed by atoms with Gasteiger partial charge >= 0.3 is 0 Å². The van der Waals surface area contributed by atoms with Crippen molar-refractivity contribution in [3.05, 3.63) is 28.0 Å². The third-order valence-corrected chi connectivity index (χ3v) is 3.96. The first-order chi connectivity index (χ1) is 8.72. The third kappa shape index (κ3) is 3.52. The number of nitrogens with zero attached hydrogens (tertiary/aromatic N) is 1. The molecule has 0 fully saturated rings. The smallest absolute Gasteiger partial charge is 0.256 e. The Bertz CT molecular complexity index is 600. The zero-order chi connectivity index (χ0) is 14.8. The lowest BCUT2D eigenvalue weighted by Gasteiger charge is -2.19. The highest BCUT2D eigenvalue weighted by Crippen LogP contribution is 2.24. The lowest BCUT2D eigenvalue weighted by Crippen LogP contribution is -2.31. The normalized spacial score (nSPS) is 11.4. The quantitative estimate of drug-likeness (QED) is 0.895. The number of hydrogen-bond donors (Lipinski definition) is 1. The zero-order valence-corrected chi connectivity index (χ0v) is 12.9. The van der Waals surface area contributed by atoms with Crippen molar-refractivity contribution in [2.24, 2.45) is 5.14 Å². The van der Waals surface area contributed by atoms with E-state index in [1.165, 1.54) is 11.0 Å². The molecule has 1 rings (SSSR count). The van der Waals surface area contributed by atoms with Crippen LogP contribution in [0.1, 0.15) is 24.2 Å². The average molecular weight is 353 g/mol. The Morgan fingerprint density at radius 1 is 1.37 bits per heavy atom. The first-order valence-electron chi connectivity index (χ1n) is 5.53. The molecule has 106 valence electrons. The minimum atomic E-state index is -4.23. The van der Waals surface area contributed by atoms with Crippen LogP contribution in [0, 0.1) is 5.82 Å². The molecule has 0 heterocycles. The van der Waals surface area contributed by atoms with Crippen LogP contribution in [0.3, 0.4) is 0 Å². The summed E-state index contributed by atoms with van der Waals surface area (Å²) in [6, 6.07) is 2.27. The van der Waals surface area contributed by atoms with Gasteiger partial charge in [0.15, 0.2) is 5.82 Å². The number of primary sulfonamides is 1. The Balaban J connectivity index is 3.46. The highest BCUT2D eigenvalue weighted by Gasteiger charge is 2.24. The number of sulfonamides is 1. The average Bonchev–Trinajstić information content (AvgIpc) is 2.31. The van der Waals surface area contributed by atoms with Gasteiger partial charge in [-0.1, -0.05) is 15.9 Å². The Morgan fingerprint density at radius 3 is 2.32 bits per heavy atom. The largest absolute Gasteiger partial charge is 0.339 e. The fraction of sp³-hybridized carbons (Fsp3) is 0.364. The number of carbonyl (C=O) groups excluding carboxylic acids is 1. The van der Waals surface area contributed by atoms with Crippen molar-refractivity contribution in [3.8, 4) is 0 Å². The summed E-state index contributed by atoms with van der Waals surface area (Å²) in [6.07, 6.45) is 0. The molecule has 0 spiro atoms. The molecule has 0 aromatic heterocycles. The fourth-order valence-electron chi connectivity index (χ4n) is 1.61. The van der Waals surface area contributed by atoms with E-state index in [0.29, 0.717) is 13.1 Å². The molecule has 0 radical (unpaired) electrons. The maximum Gasteiger partial charge on any atom is 0.256 e. The molecule has 2 N–H and O–H groups in total. The minimum absolute atomic E-state index is 0.272. The van der Waals surface area contributed by atoms with Crippen LogP contribution in [0.25, 0.3) is 0 Å². The summed E-state index contributed by atoms with van der Waals surface area (Å²) in [6.45, 7) is 4.29. The summed E-state index contributed by atoms with van der Waals surface area (Å²) in [5.41, 5.74) is -0.317. The van der Waals surface area contributed by atoms with Crippen LogP contribution in [0.2, 0.25) is 0 Å². The van der Waals surface area contributed by atoms with E-state index < -0.39 is 26.6 Å². The van der Waals surface area contributed by atoms with E-state index in [0.717, 1.165) is 6.07 Å². The molecular formula is C11H14BrFN2O3S. The molecule has 0 aliphatic carbocycles. The summed E-state index contributed by atoms with van der Waals surface area (Å²) in [5, 5.41) is 4.92. The van der Waals surface area contributed by atoms with Crippen LogP contribution in [-0.4, -0.2) is 32.3 Å². The summed E-state index contributed by atoms with van der Waals surface area (Å²) < 4.78 is 36.9. The molecule has 1 aromatic carbocycles. The van der Waals surface area contributed by atoms with Gasteiger partial charge in [0.05, 0.1) is 5.56 Å². The van der Waals surface area contributed by atoms with Gasteiger partial charge in [-0.2, -0.15) is 0 Å². The molecule has 1 amide bonds. The van der Waals surface area contributed by atoms with E-state index in [1.807, 2.05) is 0 Å². The van der Waals surface area contributed by atoms with Gasteiger partial charge < -0.3 is 4.90 Å².